The minimum atomic E-state index is -1.50. The summed E-state index contributed by atoms with van der Waals surface area (Å²) in [5.74, 6) is 1.37. The predicted molar refractivity (Wildman–Crippen MR) is 66.9 cm³/mol. The SMILES string of the molecule is NNC(c1ccc(Cl)cc1)c1cc(F)c(F)c(F)c1. The number of hydrazine groups is 1. The van der Waals surface area contributed by atoms with Crippen LogP contribution >= 0.6 is 11.6 Å². The number of hydrogen-bond donors (Lipinski definition) is 2. The Morgan fingerprint density at radius 2 is 1.47 bits per heavy atom. The van der Waals surface area contributed by atoms with E-state index in [1.807, 2.05) is 0 Å². The van der Waals surface area contributed by atoms with Crippen molar-refractivity contribution in [3.05, 3.63) is 70.0 Å². The van der Waals surface area contributed by atoms with E-state index in [4.69, 9.17) is 17.4 Å². The van der Waals surface area contributed by atoms with Crippen LogP contribution in [0.2, 0.25) is 5.02 Å². The highest BCUT2D eigenvalue weighted by Gasteiger charge is 2.18. The van der Waals surface area contributed by atoms with Gasteiger partial charge in [0.05, 0.1) is 6.04 Å². The van der Waals surface area contributed by atoms with Crippen molar-refractivity contribution in [2.75, 3.05) is 0 Å². The van der Waals surface area contributed by atoms with Crippen LogP contribution in [0.25, 0.3) is 0 Å². The van der Waals surface area contributed by atoms with Gasteiger partial charge in [-0.2, -0.15) is 0 Å². The van der Waals surface area contributed by atoms with E-state index in [1.165, 1.54) is 0 Å². The number of benzene rings is 2. The predicted octanol–water partition coefficient (Wildman–Crippen LogP) is 3.31. The van der Waals surface area contributed by atoms with Gasteiger partial charge in [-0.1, -0.05) is 23.7 Å². The molecule has 1 atom stereocenters. The van der Waals surface area contributed by atoms with Crippen LogP contribution in [0.5, 0.6) is 0 Å². The van der Waals surface area contributed by atoms with Gasteiger partial charge in [0.2, 0.25) is 0 Å². The largest absolute Gasteiger partial charge is 0.271 e. The molecule has 0 aliphatic carbocycles. The van der Waals surface area contributed by atoms with Crippen molar-refractivity contribution in [2.24, 2.45) is 5.84 Å². The molecule has 2 nitrogen and oxygen atoms in total. The average molecular weight is 287 g/mol. The van der Waals surface area contributed by atoms with Crippen molar-refractivity contribution in [3.8, 4) is 0 Å². The quantitative estimate of drug-likeness (QED) is 0.516. The Kier molecular flexibility index (Phi) is 4.09. The molecular weight excluding hydrogens is 277 g/mol. The number of hydrogen-bond acceptors (Lipinski definition) is 2. The molecule has 3 N–H and O–H groups in total. The standard InChI is InChI=1S/C13H10ClF3N2/c14-9-3-1-7(2-4-9)13(19-18)8-5-10(15)12(17)11(16)6-8/h1-6,13,19H,18H2. The van der Waals surface area contributed by atoms with E-state index in [0.29, 0.717) is 10.6 Å². The Labute approximate surface area is 113 Å². The molecule has 0 spiro atoms. The minimum Gasteiger partial charge on any atom is -0.271 e. The molecule has 19 heavy (non-hydrogen) atoms. The molecule has 2 rings (SSSR count). The minimum absolute atomic E-state index is 0.182. The molecule has 0 aliphatic heterocycles. The lowest BCUT2D eigenvalue weighted by molar-refractivity contribution is 0.442. The molecule has 100 valence electrons. The van der Waals surface area contributed by atoms with E-state index < -0.39 is 23.5 Å². The van der Waals surface area contributed by atoms with Crippen molar-refractivity contribution in [1.29, 1.82) is 0 Å². The van der Waals surface area contributed by atoms with E-state index in [9.17, 15) is 13.2 Å². The number of nitrogens with two attached hydrogens (primary N) is 1. The van der Waals surface area contributed by atoms with Crippen LogP contribution in [-0.2, 0) is 0 Å². The lowest BCUT2D eigenvalue weighted by Gasteiger charge is -2.17. The molecule has 0 fully saturated rings. The highest BCUT2D eigenvalue weighted by molar-refractivity contribution is 6.30. The van der Waals surface area contributed by atoms with Crippen LogP contribution in [0.4, 0.5) is 13.2 Å². The van der Waals surface area contributed by atoms with Gasteiger partial charge in [-0.15, -0.1) is 0 Å². The molecule has 1 unspecified atom stereocenters. The van der Waals surface area contributed by atoms with Gasteiger partial charge in [0.15, 0.2) is 17.5 Å². The van der Waals surface area contributed by atoms with Crippen molar-refractivity contribution in [1.82, 2.24) is 5.43 Å². The molecule has 2 aromatic rings. The molecule has 0 saturated carbocycles. The van der Waals surface area contributed by atoms with Gasteiger partial charge in [-0.3, -0.25) is 5.84 Å². The topological polar surface area (TPSA) is 38.0 Å². The maximum atomic E-state index is 13.2. The fourth-order valence-electron chi connectivity index (χ4n) is 1.78. The summed E-state index contributed by atoms with van der Waals surface area (Å²) in [5, 5.41) is 0.524. The molecule has 0 radical (unpaired) electrons. The summed E-state index contributed by atoms with van der Waals surface area (Å²) in [6, 6.07) is 7.70. The highest BCUT2D eigenvalue weighted by Crippen LogP contribution is 2.25. The van der Waals surface area contributed by atoms with Crippen LogP contribution in [0.3, 0.4) is 0 Å². The zero-order valence-corrected chi connectivity index (χ0v) is 10.4. The number of halogens is 4. The maximum Gasteiger partial charge on any atom is 0.194 e. The molecule has 0 bridgehead atoms. The fourth-order valence-corrected chi connectivity index (χ4v) is 1.91. The normalized spacial score (nSPS) is 12.5. The fraction of sp³-hybridized carbons (Fsp3) is 0.0769. The zero-order valence-electron chi connectivity index (χ0n) is 9.63. The van der Waals surface area contributed by atoms with Gasteiger partial charge < -0.3 is 0 Å². The third kappa shape index (κ3) is 2.89. The summed E-state index contributed by atoms with van der Waals surface area (Å²) < 4.78 is 39.3. The summed E-state index contributed by atoms with van der Waals surface area (Å²) in [6.45, 7) is 0. The number of nitrogens with one attached hydrogen (secondary N) is 1. The van der Waals surface area contributed by atoms with E-state index in [0.717, 1.165) is 12.1 Å². The smallest absolute Gasteiger partial charge is 0.194 e. The van der Waals surface area contributed by atoms with Crippen LogP contribution in [0.1, 0.15) is 17.2 Å². The first-order chi connectivity index (χ1) is 9.02. The second kappa shape index (κ2) is 5.61. The van der Waals surface area contributed by atoms with Crippen molar-refractivity contribution in [2.45, 2.75) is 6.04 Å². The third-order valence-electron chi connectivity index (χ3n) is 2.71. The monoisotopic (exact) mass is 286 g/mol. The lowest BCUT2D eigenvalue weighted by Crippen LogP contribution is -2.29. The van der Waals surface area contributed by atoms with Crippen molar-refractivity contribution < 1.29 is 13.2 Å². The summed E-state index contributed by atoms with van der Waals surface area (Å²) in [4.78, 5) is 0. The molecule has 0 heterocycles. The third-order valence-corrected chi connectivity index (χ3v) is 2.96. The van der Waals surface area contributed by atoms with Crippen LogP contribution < -0.4 is 11.3 Å². The first-order valence-corrected chi connectivity index (χ1v) is 5.76. The van der Waals surface area contributed by atoms with Gasteiger partial charge >= 0.3 is 0 Å². The maximum absolute atomic E-state index is 13.2. The molecular formula is C13H10ClF3N2. The molecule has 0 aliphatic rings. The van der Waals surface area contributed by atoms with Crippen molar-refractivity contribution >= 4 is 11.6 Å². The first-order valence-electron chi connectivity index (χ1n) is 5.39. The molecule has 0 aromatic heterocycles. The average Bonchev–Trinajstić information content (AvgIpc) is 2.39. The highest BCUT2D eigenvalue weighted by atomic mass is 35.5. The Balaban J connectivity index is 2.45. The summed E-state index contributed by atoms with van der Waals surface area (Å²) in [6.07, 6.45) is 0. The van der Waals surface area contributed by atoms with Crippen LogP contribution in [0, 0.1) is 17.5 Å². The van der Waals surface area contributed by atoms with E-state index >= 15 is 0 Å². The second-order valence-corrected chi connectivity index (χ2v) is 4.39. The Morgan fingerprint density at radius 3 is 1.95 bits per heavy atom. The van der Waals surface area contributed by atoms with E-state index in [1.54, 1.807) is 24.3 Å². The number of rotatable bonds is 3. The summed E-state index contributed by atoms with van der Waals surface area (Å²) >= 11 is 5.76. The Bertz CT molecular complexity index is 564. The van der Waals surface area contributed by atoms with Crippen LogP contribution in [0.15, 0.2) is 36.4 Å². The Hall–Kier alpha value is -1.56. The van der Waals surface area contributed by atoms with Gasteiger partial charge in [0, 0.05) is 5.02 Å². The van der Waals surface area contributed by atoms with Gasteiger partial charge in [-0.25, -0.2) is 18.6 Å². The Morgan fingerprint density at radius 1 is 0.947 bits per heavy atom. The second-order valence-electron chi connectivity index (χ2n) is 3.95. The van der Waals surface area contributed by atoms with Crippen LogP contribution in [-0.4, -0.2) is 0 Å². The molecule has 2 aromatic carbocycles. The van der Waals surface area contributed by atoms with Gasteiger partial charge in [0.1, 0.15) is 0 Å². The molecule has 0 saturated heterocycles. The summed E-state index contributed by atoms with van der Waals surface area (Å²) in [7, 11) is 0. The van der Waals surface area contributed by atoms with Gasteiger partial charge in [-0.05, 0) is 35.4 Å². The first kappa shape index (κ1) is 13.9. The molecule has 6 heteroatoms. The van der Waals surface area contributed by atoms with Crippen molar-refractivity contribution in [3.63, 3.8) is 0 Å². The summed E-state index contributed by atoms with van der Waals surface area (Å²) in [5.41, 5.74) is 3.26. The van der Waals surface area contributed by atoms with E-state index in [-0.39, 0.29) is 5.56 Å². The molecule has 0 amide bonds. The van der Waals surface area contributed by atoms with Gasteiger partial charge in [0.25, 0.3) is 0 Å². The zero-order chi connectivity index (χ0) is 14.0. The lowest BCUT2D eigenvalue weighted by atomic mass is 9.99. The van der Waals surface area contributed by atoms with E-state index in [2.05, 4.69) is 5.43 Å².